The minimum Gasteiger partial charge on any atom is -0.496 e. The summed E-state index contributed by atoms with van der Waals surface area (Å²) < 4.78 is 55.5. The SMILES string of the molecule is COc1cccc(OS(C)(=O)=O)c1C(=O)Nc1ncc(S(C)(=O)=O)s1. The van der Waals surface area contributed by atoms with Crippen molar-refractivity contribution in [2.24, 2.45) is 0 Å². The van der Waals surface area contributed by atoms with Gasteiger partial charge in [0.15, 0.2) is 20.7 Å². The largest absolute Gasteiger partial charge is 0.496 e. The quantitative estimate of drug-likeness (QED) is 0.707. The Bertz CT molecular complexity index is 1010. The molecule has 1 N–H and O–H groups in total. The number of amides is 1. The van der Waals surface area contributed by atoms with E-state index in [0.29, 0.717) is 0 Å². The van der Waals surface area contributed by atoms with Crippen molar-refractivity contribution in [1.82, 2.24) is 4.98 Å². The summed E-state index contributed by atoms with van der Waals surface area (Å²) in [6, 6.07) is 4.21. The summed E-state index contributed by atoms with van der Waals surface area (Å²) in [4.78, 5) is 16.3. The lowest BCUT2D eigenvalue weighted by Crippen LogP contribution is -2.16. The van der Waals surface area contributed by atoms with E-state index >= 15 is 0 Å². The van der Waals surface area contributed by atoms with Crippen LogP contribution in [-0.2, 0) is 20.0 Å². The number of aromatic nitrogens is 1. The van der Waals surface area contributed by atoms with Crippen molar-refractivity contribution < 1.29 is 30.6 Å². The number of hydrogen-bond donors (Lipinski definition) is 1. The molecule has 0 bridgehead atoms. The molecule has 1 aromatic heterocycles. The van der Waals surface area contributed by atoms with Gasteiger partial charge in [0.05, 0.1) is 19.6 Å². The van der Waals surface area contributed by atoms with Gasteiger partial charge in [0.25, 0.3) is 5.91 Å². The van der Waals surface area contributed by atoms with Gasteiger partial charge in [-0.15, -0.1) is 0 Å². The van der Waals surface area contributed by atoms with E-state index in [1.165, 1.54) is 25.3 Å². The van der Waals surface area contributed by atoms with E-state index in [9.17, 15) is 21.6 Å². The van der Waals surface area contributed by atoms with Crippen molar-refractivity contribution in [3.05, 3.63) is 30.0 Å². The molecular formula is C13H14N2O7S3. The zero-order valence-corrected chi connectivity index (χ0v) is 15.8. The Kier molecular flexibility index (Phi) is 5.34. The van der Waals surface area contributed by atoms with E-state index in [1.54, 1.807) is 0 Å². The van der Waals surface area contributed by atoms with Crippen molar-refractivity contribution in [3.63, 3.8) is 0 Å². The second-order valence-corrected chi connectivity index (χ2v) is 9.68. The van der Waals surface area contributed by atoms with Crippen LogP contribution in [0, 0.1) is 0 Å². The Morgan fingerprint density at radius 3 is 2.32 bits per heavy atom. The molecule has 136 valence electrons. The van der Waals surface area contributed by atoms with Crippen LogP contribution in [0.5, 0.6) is 11.5 Å². The normalized spacial score (nSPS) is 11.8. The monoisotopic (exact) mass is 406 g/mol. The first-order chi connectivity index (χ1) is 11.5. The molecule has 0 saturated heterocycles. The molecule has 0 aliphatic carbocycles. The summed E-state index contributed by atoms with van der Waals surface area (Å²) in [5.41, 5.74) is -0.161. The van der Waals surface area contributed by atoms with Crippen LogP contribution < -0.4 is 14.2 Å². The second kappa shape index (κ2) is 6.98. The lowest BCUT2D eigenvalue weighted by Gasteiger charge is -2.12. The smallest absolute Gasteiger partial charge is 0.306 e. The molecule has 0 atom stereocenters. The van der Waals surface area contributed by atoms with Crippen LogP contribution in [0.15, 0.2) is 28.6 Å². The highest BCUT2D eigenvalue weighted by Crippen LogP contribution is 2.31. The second-order valence-electron chi connectivity index (χ2n) is 4.83. The average Bonchev–Trinajstić information content (AvgIpc) is 2.93. The third-order valence-electron chi connectivity index (χ3n) is 2.75. The van der Waals surface area contributed by atoms with Gasteiger partial charge in [0.2, 0.25) is 0 Å². The number of carbonyl (C=O) groups excluding carboxylic acids is 1. The molecule has 12 heteroatoms. The van der Waals surface area contributed by atoms with E-state index < -0.39 is 25.9 Å². The van der Waals surface area contributed by atoms with E-state index in [4.69, 9.17) is 8.92 Å². The number of nitrogens with one attached hydrogen (secondary N) is 1. The topological polar surface area (TPSA) is 129 Å². The molecule has 1 aromatic carbocycles. The molecular weight excluding hydrogens is 392 g/mol. The lowest BCUT2D eigenvalue weighted by molar-refractivity contribution is 0.102. The minimum atomic E-state index is -3.87. The predicted octanol–water partition coefficient (Wildman–Crippen LogP) is 1.15. The predicted molar refractivity (Wildman–Crippen MR) is 91.6 cm³/mol. The molecule has 0 aliphatic heterocycles. The fraction of sp³-hybridized carbons (Fsp3) is 0.231. The van der Waals surface area contributed by atoms with Crippen molar-refractivity contribution in [2.75, 3.05) is 24.9 Å². The van der Waals surface area contributed by atoms with Gasteiger partial charge in [-0.25, -0.2) is 13.4 Å². The van der Waals surface area contributed by atoms with Crippen LogP contribution in [0.1, 0.15) is 10.4 Å². The van der Waals surface area contributed by atoms with Crippen LogP contribution >= 0.6 is 11.3 Å². The standard InChI is InChI=1S/C13H14N2O7S3/c1-21-8-5-4-6-9(22-25(3,19)20)11(8)12(16)15-13-14-7-10(23-13)24(2,17)18/h4-7H,1-3H3,(H,14,15,16). The first-order valence-corrected chi connectivity index (χ1v) is 11.1. The third kappa shape index (κ3) is 4.90. The number of benzene rings is 1. The number of methoxy groups -OCH3 is 1. The Morgan fingerprint density at radius 1 is 1.16 bits per heavy atom. The zero-order valence-electron chi connectivity index (χ0n) is 13.3. The van der Waals surface area contributed by atoms with E-state index in [2.05, 4.69) is 10.3 Å². The van der Waals surface area contributed by atoms with Gasteiger partial charge < -0.3 is 8.92 Å². The molecule has 2 rings (SSSR count). The average molecular weight is 406 g/mol. The summed E-state index contributed by atoms with van der Waals surface area (Å²) >= 11 is 0.764. The van der Waals surface area contributed by atoms with Crippen molar-refractivity contribution >= 4 is 42.3 Å². The number of anilines is 1. The van der Waals surface area contributed by atoms with Gasteiger partial charge in [0.1, 0.15) is 15.5 Å². The van der Waals surface area contributed by atoms with Gasteiger partial charge >= 0.3 is 10.1 Å². The molecule has 0 aliphatic rings. The first-order valence-electron chi connectivity index (χ1n) is 6.55. The molecule has 2 aromatic rings. The van der Waals surface area contributed by atoms with Crippen molar-refractivity contribution in [2.45, 2.75) is 4.21 Å². The maximum atomic E-state index is 12.5. The van der Waals surface area contributed by atoms with E-state index in [1.807, 2.05) is 0 Å². The molecule has 1 amide bonds. The number of thiazole rings is 1. The van der Waals surface area contributed by atoms with Gasteiger partial charge in [0, 0.05) is 6.26 Å². The number of hydrogen-bond acceptors (Lipinski definition) is 9. The maximum Gasteiger partial charge on any atom is 0.306 e. The van der Waals surface area contributed by atoms with Crippen molar-refractivity contribution in [1.29, 1.82) is 0 Å². The fourth-order valence-corrected chi connectivity index (χ4v) is 3.88. The number of nitrogens with zero attached hydrogens (tertiary/aromatic N) is 1. The Labute approximate surface area is 148 Å². The number of rotatable bonds is 6. The summed E-state index contributed by atoms with van der Waals surface area (Å²) in [5, 5.41) is 2.43. The van der Waals surface area contributed by atoms with E-state index in [-0.39, 0.29) is 26.4 Å². The van der Waals surface area contributed by atoms with E-state index in [0.717, 1.165) is 30.0 Å². The van der Waals surface area contributed by atoms with Crippen LogP contribution in [0.3, 0.4) is 0 Å². The number of sulfone groups is 1. The molecule has 0 unspecified atom stereocenters. The molecule has 1 heterocycles. The number of carbonyl (C=O) groups is 1. The molecule has 25 heavy (non-hydrogen) atoms. The Balaban J connectivity index is 2.39. The van der Waals surface area contributed by atoms with Crippen LogP contribution in [-0.4, -0.2) is 47.3 Å². The fourth-order valence-electron chi connectivity index (χ4n) is 1.79. The van der Waals surface area contributed by atoms with Crippen LogP contribution in [0.25, 0.3) is 0 Å². The summed E-state index contributed by atoms with van der Waals surface area (Å²) in [6.07, 6.45) is 2.98. The highest BCUT2D eigenvalue weighted by atomic mass is 32.2. The van der Waals surface area contributed by atoms with Crippen LogP contribution in [0.4, 0.5) is 5.13 Å². The van der Waals surface area contributed by atoms with Crippen molar-refractivity contribution in [3.8, 4) is 11.5 Å². The lowest BCUT2D eigenvalue weighted by atomic mass is 10.1. The Hall–Kier alpha value is -2.18. The van der Waals surface area contributed by atoms with Crippen LogP contribution in [0.2, 0.25) is 0 Å². The van der Waals surface area contributed by atoms with Gasteiger partial charge in [-0.05, 0) is 12.1 Å². The summed E-state index contributed by atoms with van der Waals surface area (Å²) in [5.74, 6) is -0.900. The van der Waals surface area contributed by atoms with Gasteiger partial charge in [-0.2, -0.15) is 8.42 Å². The third-order valence-corrected chi connectivity index (χ3v) is 5.93. The first kappa shape index (κ1) is 19.1. The molecule has 9 nitrogen and oxygen atoms in total. The molecule has 0 fully saturated rings. The summed E-state index contributed by atoms with van der Waals surface area (Å²) in [7, 11) is -6.02. The number of ether oxygens (including phenoxy) is 1. The Morgan fingerprint density at radius 2 is 1.80 bits per heavy atom. The molecule has 0 radical (unpaired) electrons. The highest BCUT2D eigenvalue weighted by Gasteiger charge is 2.23. The summed E-state index contributed by atoms with van der Waals surface area (Å²) in [6.45, 7) is 0. The minimum absolute atomic E-state index is 0.0181. The molecule has 0 saturated carbocycles. The zero-order chi connectivity index (χ0) is 18.8. The highest BCUT2D eigenvalue weighted by molar-refractivity contribution is 7.92. The van der Waals surface area contributed by atoms with Gasteiger partial charge in [-0.1, -0.05) is 17.4 Å². The van der Waals surface area contributed by atoms with Gasteiger partial charge in [-0.3, -0.25) is 10.1 Å². The molecule has 0 spiro atoms. The maximum absolute atomic E-state index is 12.5.